The predicted molar refractivity (Wildman–Crippen MR) is 114 cm³/mol. The van der Waals surface area contributed by atoms with Crippen molar-refractivity contribution in [2.75, 3.05) is 10.7 Å². The Labute approximate surface area is 168 Å². The fourth-order valence-corrected chi connectivity index (χ4v) is 3.94. The maximum absolute atomic E-state index is 12.8. The third kappa shape index (κ3) is 4.67. The molecule has 0 saturated heterocycles. The van der Waals surface area contributed by atoms with E-state index in [0.717, 1.165) is 17.2 Å². The number of thioether (sulfide) groups is 1. The number of para-hydroxylation sites is 2. The van der Waals surface area contributed by atoms with Crippen molar-refractivity contribution in [3.05, 3.63) is 71.3 Å². The molecule has 27 heavy (non-hydrogen) atoms. The van der Waals surface area contributed by atoms with Crippen molar-refractivity contribution in [2.45, 2.75) is 25.6 Å². The van der Waals surface area contributed by atoms with Crippen LogP contribution in [0.2, 0.25) is 0 Å². The van der Waals surface area contributed by atoms with E-state index in [1.165, 1.54) is 11.8 Å². The maximum Gasteiger partial charge on any atom is 0.237 e. The SMILES string of the molecule is CC(C)N(C(=O)CSCc1n[nH]c(=S)n1-c1ccccc1)c1ccccc1. The van der Waals surface area contributed by atoms with E-state index in [2.05, 4.69) is 10.2 Å². The predicted octanol–water partition coefficient (Wildman–Crippen LogP) is 4.60. The second kappa shape index (κ2) is 9.01. The molecule has 0 spiro atoms. The lowest BCUT2D eigenvalue weighted by molar-refractivity contribution is -0.116. The molecular weight excluding hydrogens is 376 g/mol. The van der Waals surface area contributed by atoms with E-state index >= 15 is 0 Å². The number of hydrogen-bond donors (Lipinski definition) is 1. The van der Waals surface area contributed by atoms with Crippen molar-refractivity contribution in [1.82, 2.24) is 14.8 Å². The van der Waals surface area contributed by atoms with Gasteiger partial charge in [-0.2, -0.15) is 5.10 Å². The highest BCUT2D eigenvalue weighted by molar-refractivity contribution is 7.99. The van der Waals surface area contributed by atoms with E-state index in [1.54, 1.807) is 0 Å². The molecule has 3 rings (SSSR count). The van der Waals surface area contributed by atoms with Crippen molar-refractivity contribution in [2.24, 2.45) is 0 Å². The van der Waals surface area contributed by atoms with Crippen LogP contribution in [-0.2, 0) is 10.5 Å². The van der Waals surface area contributed by atoms with Crippen LogP contribution in [0.3, 0.4) is 0 Å². The van der Waals surface area contributed by atoms with Crippen LogP contribution < -0.4 is 4.90 Å². The summed E-state index contributed by atoms with van der Waals surface area (Å²) in [4.78, 5) is 14.6. The standard InChI is InChI=1S/C20H22N4OS2/c1-15(2)23(16-9-5-3-6-10-16)19(25)14-27-13-18-21-22-20(26)24(18)17-11-7-4-8-12-17/h3-12,15H,13-14H2,1-2H3,(H,22,26). The molecule has 0 radical (unpaired) electrons. The Morgan fingerprint density at radius 3 is 2.41 bits per heavy atom. The molecule has 5 nitrogen and oxygen atoms in total. The van der Waals surface area contributed by atoms with Gasteiger partial charge in [0.1, 0.15) is 5.82 Å². The van der Waals surface area contributed by atoms with Crippen molar-refractivity contribution in [3.8, 4) is 5.69 Å². The van der Waals surface area contributed by atoms with Gasteiger partial charge in [0, 0.05) is 17.4 Å². The fourth-order valence-electron chi connectivity index (χ4n) is 2.89. The second-order valence-electron chi connectivity index (χ2n) is 6.30. The molecule has 3 aromatic rings. The van der Waals surface area contributed by atoms with Crippen LogP contribution in [0, 0.1) is 4.77 Å². The van der Waals surface area contributed by atoms with Crippen molar-refractivity contribution in [3.63, 3.8) is 0 Å². The molecule has 1 amide bonds. The van der Waals surface area contributed by atoms with Gasteiger partial charge in [0.15, 0.2) is 4.77 Å². The summed E-state index contributed by atoms with van der Waals surface area (Å²) in [5, 5.41) is 7.17. The molecule has 0 aliphatic rings. The number of nitrogens with one attached hydrogen (secondary N) is 1. The fraction of sp³-hybridized carbons (Fsp3) is 0.250. The van der Waals surface area contributed by atoms with Crippen LogP contribution in [-0.4, -0.2) is 32.5 Å². The summed E-state index contributed by atoms with van der Waals surface area (Å²) >= 11 is 6.89. The first-order valence-electron chi connectivity index (χ1n) is 8.74. The van der Waals surface area contributed by atoms with Crippen LogP contribution in [0.1, 0.15) is 19.7 Å². The smallest absolute Gasteiger partial charge is 0.237 e. The Balaban J connectivity index is 1.68. The van der Waals surface area contributed by atoms with Crippen LogP contribution in [0.25, 0.3) is 5.69 Å². The Hall–Kier alpha value is -2.38. The summed E-state index contributed by atoms with van der Waals surface area (Å²) in [6, 6.07) is 19.7. The molecule has 1 aromatic heterocycles. The number of carbonyl (C=O) groups excluding carboxylic acids is 1. The molecule has 1 N–H and O–H groups in total. The first kappa shape index (κ1) is 19.4. The highest BCUT2D eigenvalue weighted by atomic mass is 32.2. The average molecular weight is 399 g/mol. The third-order valence-corrected chi connectivity index (χ3v) is 5.22. The normalized spacial score (nSPS) is 10.9. The summed E-state index contributed by atoms with van der Waals surface area (Å²) < 4.78 is 2.46. The molecule has 7 heteroatoms. The zero-order valence-corrected chi connectivity index (χ0v) is 17.0. The molecule has 0 fully saturated rings. The molecule has 0 saturated carbocycles. The molecule has 1 heterocycles. The first-order chi connectivity index (χ1) is 13.1. The Morgan fingerprint density at radius 2 is 1.78 bits per heavy atom. The number of anilines is 1. The van der Waals surface area contributed by atoms with Gasteiger partial charge in [0.05, 0.1) is 11.5 Å². The maximum atomic E-state index is 12.8. The van der Waals surface area contributed by atoms with Gasteiger partial charge in [-0.05, 0) is 50.3 Å². The van der Waals surface area contributed by atoms with Crippen LogP contribution in [0.5, 0.6) is 0 Å². The number of amides is 1. The second-order valence-corrected chi connectivity index (χ2v) is 7.67. The van der Waals surface area contributed by atoms with E-state index in [4.69, 9.17) is 12.2 Å². The lowest BCUT2D eigenvalue weighted by Gasteiger charge is -2.26. The summed E-state index contributed by atoms with van der Waals surface area (Å²) in [7, 11) is 0. The first-order valence-corrected chi connectivity index (χ1v) is 10.3. The third-order valence-electron chi connectivity index (χ3n) is 4.03. The molecule has 2 aromatic carbocycles. The lowest BCUT2D eigenvalue weighted by Crippen LogP contribution is -2.38. The summed E-state index contributed by atoms with van der Waals surface area (Å²) in [5.74, 6) is 1.86. The van der Waals surface area contributed by atoms with Crippen molar-refractivity contribution < 1.29 is 4.79 Å². The van der Waals surface area contributed by atoms with E-state index in [0.29, 0.717) is 16.3 Å². The monoisotopic (exact) mass is 398 g/mol. The van der Waals surface area contributed by atoms with Gasteiger partial charge in [-0.1, -0.05) is 36.4 Å². The molecule has 0 unspecified atom stereocenters. The molecular formula is C20H22N4OS2. The van der Waals surface area contributed by atoms with Gasteiger partial charge in [0.25, 0.3) is 0 Å². The Bertz CT molecular complexity index is 935. The molecule has 0 bridgehead atoms. The van der Waals surface area contributed by atoms with Crippen molar-refractivity contribution in [1.29, 1.82) is 0 Å². The lowest BCUT2D eigenvalue weighted by atomic mass is 10.2. The Morgan fingerprint density at radius 1 is 1.15 bits per heavy atom. The van der Waals surface area contributed by atoms with Crippen LogP contribution in [0.4, 0.5) is 5.69 Å². The zero-order chi connectivity index (χ0) is 19.2. The van der Waals surface area contributed by atoms with Gasteiger partial charge >= 0.3 is 0 Å². The van der Waals surface area contributed by atoms with E-state index in [1.807, 2.05) is 84.0 Å². The van der Waals surface area contributed by atoms with Gasteiger partial charge < -0.3 is 4.90 Å². The minimum atomic E-state index is 0.0848. The number of rotatable bonds is 7. The molecule has 0 atom stereocenters. The summed E-state index contributed by atoms with van der Waals surface area (Å²) in [5.41, 5.74) is 1.89. The topological polar surface area (TPSA) is 53.9 Å². The average Bonchev–Trinajstić information content (AvgIpc) is 3.03. The largest absolute Gasteiger partial charge is 0.309 e. The van der Waals surface area contributed by atoms with E-state index < -0.39 is 0 Å². The molecule has 0 aliphatic heterocycles. The summed E-state index contributed by atoms with van der Waals surface area (Å²) in [6.45, 7) is 4.05. The molecule has 140 valence electrons. The number of nitrogens with zero attached hydrogens (tertiary/aromatic N) is 3. The summed E-state index contributed by atoms with van der Waals surface area (Å²) in [6.07, 6.45) is 0. The van der Waals surface area contributed by atoms with Crippen molar-refractivity contribution >= 4 is 35.6 Å². The van der Waals surface area contributed by atoms with Crippen LogP contribution >= 0.6 is 24.0 Å². The highest BCUT2D eigenvalue weighted by Gasteiger charge is 2.19. The van der Waals surface area contributed by atoms with Crippen LogP contribution in [0.15, 0.2) is 60.7 Å². The van der Waals surface area contributed by atoms with E-state index in [9.17, 15) is 4.79 Å². The van der Waals surface area contributed by atoms with Gasteiger partial charge in [0.2, 0.25) is 5.91 Å². The number of hydrogen-bond acceptors (Lipinski definition) is 4. The molecule has 0 aliphatic carbocycles. The van der Waals surface area contributed by atoms with Gasteiger partial charge in [-0.3, -0.25) is 14.5 Å². The quantitative estimate of drug-likeness (QED) is 0.591. The number of carbonyl (C=O) groups is 1. The van der Waals surface area contributed by atoms with Gasteiger partial charge in [-0.25, -0.2) is 0 Å². The number of H-pyrrole nitrogens is 1. The van der Waals surface area contributed by atoms with Gasteiger partial charge in [-0.15, -0.1) is 11.8 Å². The number of aromatic amines is 1. The Kier molecular flexibility index (Phi) is 6.47. The number of aromatic nitrogens is 3. The minimum absolute atomic E-state index is 0.0848. The highest BCUT2D eigenvalue weighted by Crippen LogP contribution is 2.20. The number of benzene rings is 2. The zero-order valence-electron chi connectivity index (χ0n) is 15.3. The minimum Gasteiger partial charge on any atom is -0.309 e. The van der Waals surface area contributed by atoms with E-state index in [-0.39, 0.29) is 11.9 Å².